The fraction of sp³-hybridized carbons (Fsp3) is 0.684. The van der Waals surface area contributed by atoms with Crippen molar-refractivity contribution < 1.29 is 0 Å². The van der Waals surface area contributed by atoms with Gasteiger partial charge in [0.25, 0.3) is 0 Å². The van der Waals surface area contributed by atoms with Gasteiger partial charge >= 0.3 is 0 Å². The van der Waals surface area contributed by atoms with Gasteiger partial charge < -0.3 is 5.73 Å². The molecule has 2 heteroatoms. The van der Waals surface area contributed by atoms with E-state index in [0.29, 0.717) is 6.04 Å². The summed E-state index contributed by atoms with van der Waals surface area (Å²) in [5, 5.41) is 0. The SMILES string of the molecule is CCCCC(N)(c1ccccc1)C(CCC)N1CCCC1. The summed E-state index contributed by atoms with van der Waals surface area (Å²) in [6.45, 7) is 7.00. The van der Waals surface area contributed by atoms with Crippen LogP contribution in [0.4, 0.5) is 0 Å². The Balaban J connectivity index is 2.30. The molecule has 2 N–H and O–H groups in total. The minimum Gasteiger partial charge on any atom is -0.320 e. The highest BCUT2D eigenvalue weighted by molar-refractivity contribution is 5.26. The zero-order chi connectivity index (χ0) is 15.1. The first-order valence-electron chi connectivity index (χ1n) is 8.80. The highest BCUT2D eigenvalue weighted by Gasteiger charge is 2.39. The molecule has 0 amide bonds. The Morgan fingerprint density at radius 2 is 1.76 bits per heavy atom. The van der Waals surface area contributed by atoms with Crippen LogP contribution in [0.2, 0.25) is 0 Å². The molecule has 0 saturated carbocycles. The smallest absolute Gasteiger partial charge is 0.0567 e. The average Bonchev–Trinajstić information content (AvgIpc) is 3.05. The molecule has 0 aliphatic carbocycles. The Bertz CT molecular complexity index is 397. The molecule has 0 bridgehead atoms. The van der Waals surface area contributed by atoms with Crippen LogP contribution in [0.15, 0.2) is 30.3 Å². The molecule has 1 aliphatic rings. The van der Waals surface area contributed by atoms with E-state index in [0.717, 1.165) is 6.42 Å². The lowest BCUT2D eigenvalue weighted by atomic mass is 9.77. The molecule has 1 aromatic rings. The molecule has 2 rings (SSSR count). The molecule has 2 unspecified atom stereocenters. The maximum absolute atomic E-state index is 7.07. The topological polar surface area (TPSA) is 29.3 Å². The lowest BCUT2D eigenvalue weighted by Crippen LogP contribution is -2.55. The molecule has 0 spiro atoms. The predicted molar refractivity (Wildman–Crippen MR) is 91.3 cm³/mol. The number of rotatable bonds is 8. The van der Waals surface area contributed by atoms with Gasteiger partial charge in [-0.05, 0) is 44.3 Å². The van der Waals surface area contributed by atoms with Crippen molar-refractivity contribution in [3.8, 4) is 0 Å². The van der Waals surface area contributed by atoms with Gasteiger partial charge in [0.15, 0.2) is 0 Å². The first kappa shape index (κ1) is 16.5. The van der Waals surface area contributed by atoms with Crippen molar-refractivity contribution in [2.75, 3.05) is 13.1 Å². The standard InChI is InChI=1S/C19H32N2/c1-3-5-14-19(20,17-12-7-6-8-13-17)18(11-4-2)21-15-9-10-16-21/h6-8,12-13,18H,3-5,9-11,14-16,20H2,1-2H3. The molecule has 1 saturated heterocycles. The highest BCUT2D eigenvalue weighted by Crippen LogP contribution is 2.35. The van der Waals surface area contributed by atoms with E-state index < -0.39 is 0 Å². The maximum Gasteiger partial charge on any atom is 0.0567 e. The third-order valence-corrected chi connectivity index (χ3v) is 4.99. The summed E-state index contributed by atoms with van der Waals surface area (Å²) in [5.41, 5.74) is 8.20. The van der Waals surface area contributed by atoms with Crippen molar-refractivity contribution in [2.45, 2.75) is 70.4 Å². The minimum atomic E-state index is -0.197. The van der Waals surface area contributed by atoms with E-state index in [-0.39, 0.29) is 5.54 Å². The lowest BCUT2D eigenvalue weighted by molar-refractivity contribution is 0.125. The van der Waals surface area contributed by atoms with Gasteiger partial charge in [-0.1, -0.05) is 63.4 Å². The van der Waals surface area contributed by atoms with Gasteiger partial charge in [0.2, 0.25) is 0 Å². The number of nitrogens with two attached hydrogens (primary N) is 1. The molecule has 2 atom stereocenters. The maximum atomic E-state index is 7.07. The zero-order valence-corrected chi connectivity index (χ0v) is 13.9. The molecule has 21 heavy (non-hydrogen) atoms. The van der Waals surface area contributed by atoms with E-state index in [1.54, 1.807) is 0 Å². The number of hydrogen-bond acceptors (Lipinski definition) is 2. The molecule has 1 aliphatic heterocycles. The van der Waals surface area contributed by atoms with Crippen LogP contribution >= 0.6 is 0 Å². The Morgan fingerprint density at radius 3 is 2.33 bits per heavy atom. The quantitative estimate of drug-likeness (QED) is 0.773. The molecule has 0 aromatic heterocycles. The molecule has 1 aromatic carbocycles. The van der Waals surface area contributed by atoms with Crippen LogP contribution < -0.4 is 5.73 Å². The van der Waals surface area contributed by atoms with Gasteiger partial charge in [-0.2, -0.15) is 0 Å². The van der Waals surface area contributed by atoms with E-state index in [4.69, 9.17) is 5.73 Å². The fourth-order valence-corrected chi connectivity index (χ4v) is 3.81. The summed E-state index contributed by atoms with van der Waals surface area (Å²) in [6.07, 6.45) is 8.59. The van der Waals surface area contributed by atoms with E-state index in [1.165, 1.54) is 57.2 Å². The summed E-state index contributed by atoms with van der Waals surface area (Å²) in [5.74, 6) is 0. The third-order valence-electron chi connectivity index (χ3n) is 4.99. The summed E-state index contributed by atoms with van der Waals surface area (Å²) in [6, 6.07) is 11.3. The van der Waals surface area contributed by atoms with Crippen molar-refractivity contribution in [2.24, 2.45) is 5.73 Å². The number of unbranched alkanes of at least 4 members (excludes halogenated alkanes) is 1. The number of likely N-dealkylation sites (tertiary alicyclic amines) is 1. The fourth-order valence-electron chi connectivity index (χ4n) is 3.81. The van der Waals surface area contributed by atoms with E-state index >= 15 is 0 Å². The van der Waals surface area contributed by atoms with Crippen LogP contribution in [0.25, 0.3) is 0 Å². The minimum absolute atomic E-state index is 0.197. The Labute approximate surface area is 130 Å². The number of benzene rings is 1. The zero-order valence-electron chi connectivity index (χ0n) is 13.9. The first-order chi connectivity index (χ1) is 10.2. The second kappa shape index (κ2) is 7.95. The summed E-state index contributed by atoms with van der Waals surface area (Å²) >= 11 is 0. The first-order valence-corrected chi connectivity index (χ1v) is 8.80. The van der Waals surface area contributed by atoms with Crippen molar-refractivity contribution in [3.63, 3.8) is 0 Å². The Morgan fingerprint density at radius 1 is 1.10 bits per heavy atom. The summed E-state index contributed by atoms with van der Waals surface area (Å²) < 4.78 is 0. The second-order valence-corrected chi connectivity index (χ2v) is 6.56. The van der Waals surface area contributed by atoms with Gasteiger partial charge in [-0.3, -0.25) is 4.90 Å². The van der Waals surface area contributed by atoms with E-state index in [2.05, 4.69) is 49.1 Å². The van der Waals surface area contributed by atoms with Crippen LogP contribution in [-0.4, -0.2) is 24.0 Å². The number of nitrogens with zero attached hydrogens (tertiary/aromatic N) is 1. The van der Waals surface area contributed by atoms with Gasteiger partial charge in [-0.25, -0.2) is 0 Å². The lowest BCUT2D eigenvalue weighted by Gasteiger charge is -2.43. The normalized spacial score (nSPS) is 20.3. The molecule has 1 fully saturated rings. The average molecular weight is 288 g/mol. The van der Waals surface area contributed by atoms with Crippen LogP contribution in [0.5, 0.6) is 0 Å². The molecular formula is C19H32N2. The molecular weight excluding hydrogens is 256 g/mol. The second-order valence-electron chi connectivity index (χ2n) is 6.56. The highest BCUT2D eigenvalue weighted by atomic mass is 15.2. The van der Waals surface area contributed by atoms with Crippen LogP contribution in [-0.2, 0) is 5.54 Å². The van der Waals surface area contributed by atoms with Crippen molar-refractivity contribution in [3.05, 3.63) is 35.9 Å². The summed E-state index contributed by atoms with van der Waals surface area (Å²) in [7, 11) is 0. The third kappa shape index (κ3) is 3.87. The molecule has 1 heterocycles. The molecule has 0 radical (unpaired) electrons. The van der Waals surface area contributed by atoms with Crippen molar-refractivity contribution in [1.29, 1.82) is 0 Å². The van der Waals surface area contributed by atoms with Gasteiger partial charge in [0.1, 0.15) is 0 Å². The van der Waals surface area contributed by atoms with Gasteiger partial charge in [-0.15, -0.1) is 0 Å². The van der Waals surface area contributed by atoms with E-state index in [9.17, 15) is 0 Å². The molecule has 2 nitrogen and oxygen atoms in total. The van der Waals surface area contributed by atoms with Crippen LogP contribution in [0, 0.1) is 0 Å². The van der Waals surface area contributed by atoms with E-state index in [1.807, 2.05) is 0 Å². The monoisotopic (exact) mass is 288 g/mol. The Hall–Kier alpha value is -0.860. The van der Waals surface area contributed by atoms with Gasteiger partial charge in [0, 0.05) is 6.04 Å². The Kier molecular flexibility index (Phi) is 6.25. The van der Waals surface area contributed by atoms with Crippen molar-refractivity contribution in [1.82, 2.24) is 4.90 Å². The molecule has 118 valence electrons. The largest absolute Gasteiger partial charge is 0.320 e. The van der Waals surface area contributed by atoms with Gasteiger partial charge in [0.05, 0.1) is 5.54 Å². The van der Waals surface area contributed by atoms with Crippen molar-refractivity contribution >= 4 is 0 Å². The van der Waals surface area contributed by atoms with Crippen LogP contribution in [0.1, 0.15) is 64.4 Å². The predicted octanol–water partition coefficient (Wildman–Crippen LogP) is 4.30. The number of hydrogen-bond donors (Lipinski definition) is 1. The van der Waals surface area contributed by atoms with Crippen LogP contribution in [0.3, 0.4) is 0 Å². The summed E-state index contributed by atoms with van der Waals surface area (Å²) in [4.78, 5) is 2.66.